The molecule has 43 heavy (non-hydrogen) atoms. The van der Waals surface area contributed by atoms with Crippen LogP contribution in [0.5, 0.6) is 0 Å². The van der Waals surface area contributed by atoms with E-state index in [9.17, 15) is 18.8 Å². The van der Waals surface area contributed by atoms with Gasteiger partial charge in [0.25, 0.3) is 5.91 Å². The normalized spacial score (nSPS) is 17.0. The Labute approximate surface area is 249 Å². The summed E-state index contributed by atoms with van der Waals surface area (Å²) in [5.74, 6) is -1.37. The number of carbonyl (C=O) groups is 3. The zero-order valence-electron chi connectivity index (χ0n) is 23.9. The van der Waals surface area contributed by atoms with Crippen LogP contribution in [0.2, 0.25) is 0 Å². The first-order valence-corrected chi connectivity index (χ1v) is 14.2. The summed E-state index contributed by atoms with van der Waals surface area (Å²) in [6.07, 6.45) is -2.14. The van der Waals surface area contributed by atoms with Crippen LogP contribution in [0.15, 0.2) is 83.9 Å². The number of ether oxygens (including phenoxy) is 2. The highest BCUT2D eigenvalue weighted by molar-refractivity contribution is 6.15. The van der Waals surface area contributed by atoms with Gasteiger partial charge in [-0.05, 0) is 42.8 Å². The third-order valence-corrected chi connectivity index (χ3v) is 7.28. The molecular formula is C32H34FN5O5. The molecule has 0 spiro atoms. The van der Waals surface area contributed by atoms with Crippen molar-refractivity contribution in [2.75, 3.05) is 55.7 Å². The third-order valence-electron chi connectivity index (χ3n) is 7.28. The van der Waals surface area contributed by atoms with Crippen LogP contribution < -0.4 is 15.1 Å². The van der Waals surface area contributed by atoms with Crippen molar-refractivity contribution in [1.82, 2.24) is 10.2 Å². The Hall–Kier alpha value is -4.61. The van der Waals surface area contributed by atoms with Crippen LogP contribution >= 0.6 is 0 Å². The number of morpholine rings is 1. The Balaban J connectivity index is 1.44. The fourth-order valence-electron chi connectivity index (χ4n) is 5.08. The fourth-order valence-corrected chi connectivity index (χ4v) is 5.08. The molecule has 3 amide bonds. The summed E-state index contributed by atoms with van der Waals surface area (Å²) < 4.78 is 24.5. The van der Waals surface area contributed by atoms with Crippen LogP contribution in [-0.4, -0.2) is 80.6 Å². The van der Waals surface area contributed by atoms with Gasteiger partial charge < -0.3 is 14.4 Å². The molecule has 1 saturated heterocycles. The summed E-state index contributed by atoms with van der Waals surface area (Å²) in [5, 5.41) is 2.62. The lowest BCUT2D eigenvalue weighted by molar-refractivity contribution is -0.123. The highest BCUT2D eigenvalue weighted by atomic mass is 19.1. The van der Waals surface area contributed by atoms with Crippen molar-refractivity contribution >= 4 is 35.0 Å². The molecule has 11 heteroatoms. The summed E-state index contributed by atoms with van der Waals surface area (Å²) in [7, 11) is 0. The lowest BCUT2D eigenvalue weighted by atomic mass is 10.1. The number of likely N-dealkylation sites (N-methyl/N-ethyl adjacent to an activating group) is 1. The largest absolute Gasteiger partial charge is 0.445 e. The van der Waals surface area contributed by atoms with E-state index in [0.29, 0.717) is 62.0 Å². The van der Waals surface area contributed by atoms with Crippen LogP contribution in [0, 0.1) is 5.82 Å². The van der Waals surface area contributed by atoms with Crippen molar-refractivity contribution in [1.29, 1.82) is 0 Å². The lowest BCUT2D eigenvalue weighted by Crippen LogP contribution is -2.51. The number of hydrogen-bond acceptors (Lipinski definition) is 7. The molecule has 2 aliphatic heterocycles. The number of nitrogens with zero attached hydrogens (tertiary/aromatic N) is 4. The molecule has 3 aromatic carbocycles. The van der Waals surface area contributed by atoms with E-state index < -0.39 is 24.0 Å². The second-order valence-electron chi connectivity index (χ2n) is 10.1. The van der Waals surface area contributed by atoms with Gasteiger partial charge in [-0.25, -0.2) is 9.18 Å². The van der Waals surface area contributed by atoms with E-state index in [0.717, 1.165) is 5.56 Å². The highest BCUT2D eigenvalue weighted by Crippen LogP contribution is 2.27. The number of alkyl carbamates (subject to hydrolysis) is 1. The third kappa shape index (κ3) is 7.43. The van der Waals surface area contributed by atoms with E-state index in [2.05, 4.69) is 10.2 Å². The van der Waals surface area contributed by atoms with E-state index in [1.807, 2.05) is 42.5 Å². The summed E-state index contributed by atoms with van der Waals surface area (Å²) >= 11 is 0. The molecule has 224 valence electrons. The Morgan fingerprint density at radius 3 is 2.44 bits per heavy atom. The van der Waals surface area contributed by atoms with Gasteiger partial charge in [-0.2, -0.15) is 0 Å². The molecule has 0 saturated carbocycles. The zero-order chi connectivity index (χ0) is 30.2. The minimum Gasteiger partial charge on any atom is -0.445 e. The monoisotopic (exact) mass is 587 g/mol. The Morgan fingerprint density at radius 1 is 1.02 bits per heavy atom. The molecule has 10 nitrogen and oxygen atoms in total. The van der Waals surface area contributed by atoms with E-state index >= 15 is 0 Å². The van der Waals surface area contributed by atoms with E-state index in [1.165, 1.54) is 34.1 Å². The van der Waals surface area contributed by atoms with Gasteiger partial charge in [0.05, 0.1) is 24.6 Å². The predicted molar refractivity (Wildman–Crippen MR) is 161 cm³/mol. The minimum atomic E-state index is -1.33. The summed E-state index contributed by atoms with van der Waals surface area (Å²) in [4.78, 5) is 50.4. The molecule has 1 N–H and O–H groups in total. The van der Waals surface area contributed by atoms with Crippen LogP contribution in [0.1, 0.15) is 18.1 Å². The first-order valence-electron chi connectivity index (χ1n) is 14.2. The number of para-hydroxylation sites is 1. The molecular weight excluding hydrogens is 553 g/mol. The average Bonchev–Trinajstić information content (AvgIpc) is 3.13. The van der Waals surface area contributed by atoms with Gasteiger partial charge >= 0.3 is 6.09 Å². The molecule has 1 unspecified atom stereocenters. The number of anilines is 2. The SMILES string of the molecule is CCN(C(=O)CN1C(=O)C(NC(=O)OCc2ccccc2)N=C(CN2CCOCC2)c2ccccc21)c1ccc(F)cc1. The molecule has 5 rings (SSSR count). The smallest absolute Gasteiger partial charge is 0.409 e. The van der Waals surface area contributed by atoms with Gasteiger partial charge in [0.1, 0.15) is 19.0 Å². The van der Waals surface area contributed by atoms with E-state index in [4.69, 9.17) is 14.5 Å². The molecule has 0 radical (unpaired) electrons. The Bertz CT molecular complexity index is 1460. The Kier molecular flexibility index (Phi) is 9.75. The number of fused-ring (bicyclic) bond motifs is 1. The molecule has 0 bridgehead atoms. The molecule has 2 heterocycles. The number of carbonyl (C=O) groups excluding carboxylic acids is 3. The molecule has 2 aliphatic rings. The summed E-state index contributed by atoms with van der Waals surface area (Å²) in [6.45, 7) is 4.77. The van der Waals surface area contributed by atoms with Crippen molar-refractivity contribution in [2.45, 2.75) is 19.7 Å². The molecule has 0 aliphatic carbocycles. The van der Waals surface area contributed by atoms with Crippen LogP contribution in [0.3, 0.4) is 0 Å². The second kappa shape index (κ2) is 14.0. The van der Waals surface area contributed by atoms with Gasteiger partial charge in [-0.15, -0.1) is 0 Å². The maximum atomic E-state index is 14.1. The first-order chi connectivity index (χ1) is 20.9. The van der Waals surface area contributed by atoms with Gasteiger partial charge in [0.2, 0.25) is 12.1 Å². The van der Waals surface area contributed by atoms with Crippen LogP contribution in [0.25, 0.3) is 0 Å². The van der Waals surface area contributed by atoms with Crippen molar-refractivity contribution in [3.63, 3.8) is 0 Å². The number of nitrogens with one attached hydrogen (secondary N) is 1. The second-order valence-corrected chi connectivity index (χ2v) is 10.1. The van der Waals surface area contributed by atoms with Gasteiger partial charge in [-0.1, -0.05) is 48.5 Å². The molecule has 0 aromatic heterocycles. The fraction of sp³-hybridized carbons (Fsp3) is 0.312. The quantitative estimate of drug-likeness (QED) is 0.411. The molecule has 3 aromatic rings. The summed E-state index contributed by atoms with van der Waals surface area (Å²) in [6, 6.07) is 22.0. The van der Waals surface area contributed by atoms with E-state index in [-0.39, 0.29) is 19.1 Å². The van der Waals surface area contributed by atoms with Crippen molar-refractivity contribution in [3.05, 3.63) is 95.8 Å². The van der Waals surface area contributed by atoms with Crippen molar-refractivity contribution in [3.8, 4) is 0 Å². The van der Waals surface area contributed by atoms with Crippen LogP contribution in [0.4, 0.5) is 20.6 Å². The van der Waals surface area contributed by atoms with Crippen LogP contribution in [-0.2, 0) is 25.7 Å². The number of benzodiazepines with no additional fused rings is 1. The zero-order valence-corrected chi connectivity index (χ0v) is 23.9. The standard InChI is InChI=1S/C32H34FN5O5/c1-2-37(25-14-12-24(33)13-15-25)29(39)21-38-28-11-7-6-10-26(28)27(20-36-16-18-42-19-17-36)34-30(31(38)40)35-32(41)43-22-23-8-4-3-5-9-23/h3-15,30H,2,16-22H2,1H3,(H,35,41). The first kappa shape index (κ1) is 29.9. The predicted octanol–water partition coefficient (Wildman–Crippen LogP) is 3.60. The van der Waals surface area contributed by atoms with Crippen molar-refractivity contribution < 1.29 is 28.2 Å². The Morgan fingerprint density at radius 2 is 1.72 bits per heavy atom. The number of halogens is 1. The van der Waals surface area contributed by atoms with Crippen molar-refractivity contribution in [2.24, 2.45) is 4.99 Å². The highest BCUT2D eigenvalue weighted by Gasteiger charge is 2.35. The maximum Gasteiger partial charge on any atom is 0.409 e. The summed E-state index contributed by atoms with van der Waals surface area (Å²) in [5.41, 5.74) is 3.08. The maximum absolute atomic E-state index is 14.1. The number of rotatable bonds is 9. The van der Waals surface area contributed by atoms with Gasteiger partial charge in [-0.3, -0.25) is 29.7 Å². The topological polar surface area (TPSA) is 104 Å². The molecule has 1 atom stereocenters. The number of benzene rings is 3. The van der Waals surface area contributed by atoms with E-state index in [1.54, 1.807) is 19.1 Å². The number of amides is 3. The number of aliphatic imine (C=N–C) groups is 1. The minimum absolute atomic E-state index is 0.0173. The lowest BCUT2D eigenvalue weighted by Gasteiger charge is -2.29. The number of hydrogen-bond donors (Lipinski definition) is 1. The van der Waals surface area contributed by atoms with Gasteiger partial charge in [0.15, 0.2) is 0 Å². The molecule has 1 fully saturated rings. The average molecular weight is 588 g/mol. The van der Waals surface area contributed by atoms with Gasteiger partial charge in [0, 0.05) is 37.4 Å².